The van der Waals surface area contributed by atoms with Gasteiger partial charge < -0.3 is 9.84 Å². The van der Waals surface area contributed by atoms with Gasteiger partial charge in [-0.15, -0.1) is 11.3 Å². The van der Waals surface area contributed by atoms with Gasteiger partial charge in [0.25, 0.3) is 0 Å². The average molecular weight is 275 g/mol. The molecule has 0 saturated heterocycles. The van der Waals surface area contributed by atoms with Crippen molar-refractivity contribution in [3.8, 4) is 0 Å². The first-order valence-corrected chi connectivity index (χ1v) is 6.84. The number of hydrogen-bond donors (Lipinski definition) is 1. The topological polar surface area (TPSA) is 76.7 Å². The highest BCUT2D eigenvalue weighted by atomic mass is 32.1. The average Bonchev–Trinajstić information content (AvgIpc) is 2.98. The van der Waals surface area contributed by atoms with Crippen LogP contribution in [0.25, 0.3) is 10.2 Å². The molecule has 0 saturated carbocycles. The Hall–Kier alpha value is -2.02. The molecule has 0 spiro atoms. The normalized spacial score (nSPS) is 11.1. The first kappa shape index (κ1) is 12.0. The molecule has 3 aromatic heterocycles. The maximum atomic E-state index is 5.06. The summed E-state index contributed by atoms with van der Waals surface area (Å²) in [5, 5.41) is 9.14. The summed E-state index contributed by atoms with van der Waals surface area (Å²) in [6.07, 6.45) is 2.26. The Balaban J connectivity index is 1.71. The van der Waals surface area contributed by atoms with Gasteiger partial charge in [0, 0.05) is 13.0 Å². The van der Waals surface area contributed by atoms with Gasteiger partial charge in [-0.25, -0.2) is 9.97 Å². The smallest absolute Gasteiger partial charge is 0.228 e. The van der Waals surface area contributed by atoms with Crippen molar-refractivity contribution in [3.63, 3.8) is 0 Å². The van der Waals surface area contributed by atoms with Crippen LogP contribution >= 0.6 is 11.3 Å². The number of nitrogens with one attached hydrogen (secondary N) is 1. The Morgan fingerprint density at radius 1 is 1.32 bits per heavy atom. The highest BCUT2D eigenvalue weighted by Gasteiger charge is 2.08. The second kappa shape index (κ2) is 4.93. The number of fused-ring (bicyclic) bond motifs is 1. The third kappa shape index (κ3) is 2.41. The summed E-state index contributed by atoms with van der Waals surface area (Å²) in [5.74, 6) is 2.16. The molecule has 0 fully saturated rings. The van der Waals surface area contributed by atoms with Crippen molar-refractivity contribution >= 4 is 27.4 Å². The molecule has 1 N–H and O–H groups in total. The first-order valence-electron chi connectivity index (χ1n) is 5.96. The van der Waals surface area contributed by atoms with Crippen molar-refractivity contribution in [1.29, 1.82) is 0 Å². The van der Waals surface area contributed by atoms with E-state index in [4.69, 9.17) is 4.52 Å². The quantitative estimate of drug-likeness (QED) is 0.787. The Bertz CT molecular complexity index is 705. The van der Waals surface area contributed by atoms with Gasteiger partial charge in [-0.05, 0) is 24.8 Å². The van der Waals surface area contributed by atoms with E-state index in [0.29, 0.717) is 24.7 Å². The van der Waals surface area contributed by atoms with Crippen LogP contribution in [0.3, 0.4) is 0 Å². The number of aromatic nitrogens is 4. The van der Waals surface area contributed by atoms with Crippen LogP contribution in [-0.2, 0) is 6.42 Å². The third-order valence-corrected chi connectivity index (χ3v) is 3.83. The lowest BCUT2D eigenvalue weighted by atomic mass is 10.3. The molecule has 0 radical (unpaired) electrons. The Morgan fingerprint density at radius 2 is 2.21 bits per heavy atom. The predicted molar refractivity (Wildman–Crippen MR) is 73.4 cm³/mol. The lowest BCUT2D eigenvalue weighted by Crippen LogP contribution is -2.06. The molecular weight excluding hydrogens is 262 g/mol. The van der Waals surface area contributed by atoms with Crippen molar-refractivity contribution in [2.75, 3.05) is 11.9 Å². The fraction of sp³-hybridized carbons (Fsp3) is 0.333. The molecule has 0 bridgehead atoms. The van der Waals surface area contributed by atoms with E-state index in [1.807, 2.05) is 6.92 Å². The number of aryl methyl sites for hydroxylation is 2. The third-order valence-electron chi connectivity index (χ3n) is 2.73. The monoisotopic (exact) mass is 275 g/mol. The molecule has 19 heavy (non-hydrogen) atoms. The van der Waals surface area contributed by atoms with E-state index in [2.05, 4.69) is 37.7 Å². The van der Waals surface area contributed by atoms with Gasteiger partial charge >= 0.3 is 0 Å². The van der Waals surface area contributed by atoms with Crippen molar-refractivity contribution in [3.05, 3.63) is 29.0 Å². The van der Waals surface area contributed by atoms with Crippen LogP contribution in [0.15, 0.2) is 16.2 Å². The molecule has 98 valence electrons. The minimum atomic E-state index is 0.637. The van der Waals surface area contributed by atoms with Crippen molar-refractivity contribution in [2.24, 2.45) is 0 Å². The van der Waals surface area contributed by atoms with Crippen LogP contribution < -0.4 is 5.32 Å². The van der Waals surface area contributed by atoms with E-state index >= 15 is 0 Å². The van der Waals surface area contributed by atoms with Crippen LogP contribution in [0.5, 0.6) is 0 Å². The molecule has 0 aliphatic heterocycles. The zero-order valence-corrected chi connectivity index (χ0v) is 11.5. The Labute approximate surface area is 113 Å². The predicted octanol–water partition coefficient (Wildman–Crippen LogP) is 2.35. The molecule has 0 aromatic carbocycles. The van der Waals surface area contributed by atoms with Gasteiger partial charge in [0.15, 0.2) is 5.82 Å². The molecule has 0 atom stereocenters. The first-order chi connectivity index (χ1) is 9.24. The fourth-order valence-electron chi connectivity index (χ4n) is 1.82. The van der Waals surface area contributed by atoms with Crippen molar-refractivity contribution in [2.45, 2.75) is 20.3 Å². The summed E-state index contributed by atoms with van der Waals surface area (Å²) in [6.45, 7) is 4.56. The minimum absolute atomic E-state index is 0.637. The Morgan fingerprint density at radius 3 is 3.00 bits per heavy atom. The molecule has 7 heteroatoms. The SMILES string of the molecule is Cc1noc(CCNc2ncnc3c(C)csc23)n1. The van der Waals surface area contributed by atoms with Crippen LogP contribution in [0.2, 0.25) is 0 Å². The molecular formula is C12H13N5OS. The molecule has 6 nitrogen and oxygen atoms in total. The fourth-order valence-corrected chi connectivity index (χ4v) is 2.79. The lowest BCUT2D eigenvalue weighted by molar-refractivity contribution is 0.377. The summed E-state index contributed by atoms with van der Waals surface area (Å²) in [7, 11) is 0. The molecule has 0 unspecified atom stereocenters. The number of hydrogen-bond acceptors (Lipinski definition) is 7. The van der Waals surface area contributed by atoms with Gasteiger partial charge in [-0.2, -0.15) is 4.98 Å². The van der Waals surface area contributed by atoms with E-state index in [0.717, 1.165) is 16.0 Å². The highest BCUT2D eigenvalue weighted by molar-refractivity contribution is 7.18. The van der Waals surface area contributed by atoms with Crippen LogP contribution in [0.1, 0.15) is 17.3 Å². The summed E-state index contributed by atoms with van der Waals surface area (Å²) < 4.78 is 6.15. The summed E-state index contributed by atoms with van der Waals surface area (Å²) >= 11 is 1.65. The van der Waals surface area contributed by atoms with E-state index in [1.54, 1.807) is 17.7 Å². The summed E-state index contributed by atoms with van der Waals surface area (Å²) in [5.41, 5.74) is 2.19. The minimum Gasteiger partial charge on any atom is -0.368 e. The van der Waals surface area contributed by atoms with Gasteiger partial charge in [0.2, 0.25) is 5.89 Å². The standard InChI is InChI=1S/C12H13N5OS/c1-7-5-19-11-10(7)14-6-15-12(11)13-4-3-9-16-8(2)17-18-9/h5-6H,3-4H2,1-2H3,(H,13,14,15). The van der Waals surface area contributed by atoms with E-state index < -0.39 is 0 Å². The zero-order valence-electron chi connectivity index (χ0n) is 10.7. The van der Waals surface area contributed by atoms with Gasteiger partial charge in [0.05, 0.1) is 10.2 Å². The molecule has 3 heterocycles. The molecule has 0 aliphatic carbocycles. The van der Waals surface area contributed by atoms with E-state index in [-0.39, 0.29) is 0 Å². The number of nitrogens with zero attached hydrogens (tertiary/aromatic N) is 4. The largest absolute Gasteiger partial charge is 0.368 e. The molecule has 3 aromatic rings. The maximum Gasteiger partial charge on any atom is 0.228 e. The van der Waals surface area contributed by atoms with Gasteiger partial charge in [0.1, 0.15) is 12.1 Å². The highest BCUT2D eigenvalue weighted by Crippen LogP contribution is 2.28. The molecule has 0 amide bonds. The number of anilines is 1. The second-order valence-corrected chi connectivity index (χ2v) is 5.11. The van der Waals surface area contributed by atoms with Crippen molar-refractivity contribution in [1.82, 2.24) is 20.1 Å². The zero-order chi connectivity index (χ0) is 13.2. The summed E-state index contributed by atoms with van der Waals surface area (Å²) in [6, 6.07) is 0. The van der Waals surface area contributed by atoms with E-state index in [1.165, 1.54) is 5.56 Å². The molecule has 0 aliphatic rings. The number of rotatable bonds is 4. The molecule has 3 rings (SSSR count). The maximum absolute atomic E-state index is 5.06. The summed E-state index contributed by atoms with van der Waals surface area (Å²) in [4.78, 5) is 12.7. The Kier molecular flexibility index (Phi) is 3.12. The van der Waals surface area contributed by atoms with Crippen molar-refractivity contribution < 1.29 is 4.52 Å². The van der Waals surface area contributed by atoms with Crippen LogP contribution in [0.4, 0.5) is 5.82 Å². The van der Waals surface area contributed by atoms with Gasteiger partial charge in [-0.1, -0.05) is 5.16 Å². The van der Waals surface area contributed by atoms with Gasteiger partial charge in [-0.3, -0.25) is 0 Å². The van der Waals surface area contributed by atoms with E-state index in [9.17, 15) is 0 Å². The van der Waals surface area contributed by atoms with Crippen LogP contribution in [-0.4, -0.2) is 26.7 Å². The van der Waals surface area contributed by atoms with Crippen LogP contribution in [0, 0.1) is 13.8 Å². The number of thiophene rings is 1. The lowest BCUT2D eigenvalue weighted by Gasteiger charge is -2.04. The second-order valence-electron chi connectivity index (χ2n) is 4.23.